The van der Waals surface area contributed by atoms with Gasteiger partial charge >= 0.3 is 6.09 Å². The Balaban J connectivity index is 1.92. The normalized spacial score (nSPS) is 10.6. The van der Waals surface area contributed by atoms with Crippen LogP contribution in [0.25, 0.3) is 0 Å². The molecule has 0 bridgehead atoms. The van der Waals surface area contributed by atoms with Gasteiger partial charge in [0.05, 0.1) is 33.6 Å². The number of nitrogens with one attached hydrogen (secondary N) is 1. The fourth-order valence-corrected chi connectivity index (χ4v) is 2.59. The van der Waals surface area contributed by atoms with Crippen LogP contribution in [0.4, 0.5) is 4.79 Å². The highest BCUT2D eigenvalue weighted by Crippen LogP contribution is 2.30. The van der Waals surface area contributed by atoms with E-state index in [1.165, 1.54) is 24.5 Å². The van der Waals surface area contributed by atoms with Crippen LogP contribution >= 0.6 is 0 Å². The van der Waals surface area contributed by atoms with E-state index in [1.54, 1.807) is 13.2 Å². The van der Waals surface area contributed by atoms with Gasteiger partial charge in [-0.3, -0.25) is 0 Å². The fourth-order valence-electron chi connectivity index (χ4n) is 2.59. The zero-order valence-corrected chi connectivity index (χ0v) is 16.7. The SMILES string of the molecule is COC(=O)NN=Cc1cccc(OC)c1OCCCOc1cc(C)cc(C)c1. The van der Waals surface area contributed by atoms with Crippen LogP contribution in [0.2, 0.25) is 0 Å². The zero-order valence-electron chi connectivity index (χ0n) is 16.7. The number of carbonyl (C=O) groups is 1. The quantitative estimate of drug-likeness (QED) is 0.402. The lowest BCUT2D eigenvalue weighted by atomic mass is 10.1. The van der Waals surface area contributed by atoms with E-state index in [4.69, 9.17) is 14.2 Å². The van der Waals surface area contributed by atoms with E-state index in [0.29, 0.717) is 36.7 Å². The smallest absolute Gasteiger partial charge is 0.427 e. The molecule has 0 radical (unpaired) electrons. The van der Waals surface area contributed by atoms with Gasteiger partial charge in [0, 0.05) is 12.0 Å². The molecule has 0 heterocycles. The van der Waals surface area contributed by atoms with Gasteiger partial charge in [-0.25, -0.2) is 10.2 Å². The molecule has 7 nitrogen and oxygen atoms in total. The number of methoxy groups -OCH3 is 2. The van der Waals surface area contributed by atoms with E-state index in [-0.39, 0.29) is 0 Å². The summed E-state index contributed by atoms with van der Waals surface area (Å²) in [7, 11) is 2.84. The number of hydrogen-bond donors (Lipinski definition) is 1. The average Bonchev–Trinajstić information content (AvgIpc) is 2.67. The van der Waals surface area contributed by atoms with E-state index in [1.807, 2.05) is 38.1 Å². The fraction of sp³-hybridized carbons (Fsp3) is 0.333. The maximum absolute atomic E-state index is 11.1. The Kier molecular flexibility index (Phi) is 8.14. The van der Waals surface area contributed by atoms with Crippen molar-refractivity contribution in [3.8, 4) is 17.2 Å². The molecule has 0 spiro atoms. The maximum atomic E-state index is 11.1. The summed E-state index contributed by atoms with van der Waals surface area (Å²) < 4.78 is 21.5. The summed E-state index contributed by atoms with van der Waals surface area (Å²) in [6.07, 6.45) is 1.52. The number of aryl methyl sites for hydroxylation is 2. The molecule has 0 saturated heterocycles. The molecule has 1 N–H and O–H groups in total. The van der Waals surface area contributed by atoms with Crippen molar-refractivity contribution in [2.24, 2.45) is 5.10 Å². The Hall–Kier alpha value is -3.22. The summed E-state index contributed by atoms with van der Waals surface area (Å²) in [5, 5.41) is 3.84. The third kappa shape index (κ3) is 6.50. The summed E-state index contributed by atoms with van der Waals surface area (Å²) in [6.45, 7) is 5.06. The second-order valence-electron chi connectivity index (χ2n) is 6.11. The van der Waals surface area contributed by atoms with Crippen LogP contribution < -0.4 is 19.6 Å². The van der Waals surface area contributed by atoms with Gasteiger partial charge in [0.2, 0.25) is 0 Å². The van der Waals surface area contributed by atoms with E-state index >= 15 is 0 Å². The topological polar surface area (TPSA) is 78.4 Å². The van der Waals surface area contributed by atoms with Gasteiger partial charge in [0.15, 0.2) is 11.5 Å². The van der Waals surface area contributed by atoms with E-state index in [2.05, 4.69) is 21.3 Å². The molecule has 0 fully saturated rings. The van der Waals surface area contributed by atoms with Gasteiger partial charge in [-0.2, -0.15) is 5.10 Å². The largest absolute Gasteiger partial charge is 0.493 e. The van der Waals surface area contributed by atoms with E-state index in [9.17, 15) is 4.79 Å². The number of hydrogen-bond acceptors (Lipinski definition) is 6. The lowest BCUT2D eigenvalue weighted by Crippen LogP contribution is -2.16. The molecule has 0 aliphatic heterocycles. The van der Waals surface area contributed by atoms with Crippen LogP contribution in [-0.4, -0.2) is 39.7 Å². The van der Waals surface area contributed by atoms with Gasteiger partial charge in [-0.05, 0) is 49.2 Å². The Labute approximate surface area is 165 Å². The summed E-state index contributed by atoms with van der Waals surface area (Å²) >= 11 is 0. The third-order valence-corrected chi connectivity index (χ3v) is 3.77. The number of carbonyl (C=O) groups excluding carboxylic acids is 1. The molecule has 7 heteroatoms. The number of ether oxygens (including phenoxy) is 4. The van der Waals surface area contributed by atoms with Crippen molar-refractivity contribution in [3.63, 3.8) is 0 Å². The molecule has 2 aromatic carbocycles. The molecule has 2 aromatic rings. The summed E-state index contributed by atoms with van der Waals surface area (Å²) in [5.74, 6) is 1.99. The van der Waals surface area contributed by atoms with Gasteiger partial charge in [-0.1, -0.05) is 12.1 Å². The summed E-state index contributed by atoms with van der Waals surface area (Å²) in [5.41, 5.74) is 5.26. The van der Waals surface area contributed by atoms with Crippen molar-refractivity contribution >= 4 is 12.3 Å². The second kappa shape index (κ2) is 10.8. The third-order valence-electron chi connectivity index (χ3n) is 3.77. The molecular formula is C21H26N2O5. The van der Waals surface area contributed by atoms with Gasteiger partial charge < -0.3 is 18.9 Å². The standard InChI is InChI=1S/C21H26N2O5/c1-15-11-16(2)13-18(12-15)27-9-6-10-28-20-17(7-5-8-19(20)25-3)14-22-23-21(24)26-4/h5,7-8,11-14H,6,9-10H2,1-4H3,(H,23,24). The number of para-hydroxylation sites is 1. The zero-order chi connectivity index (χ0) is 20.4. The van der Waals surface area contributed by atoms with Gasteiger partial charge in [0.1, 0.15) is 5.75 Å². The van der Waals surface area contributed by atoms with Crippen LogP contribution in [-0.2, 0) is 4.74 Å². The lowest BCUT2D eigenvalue weighted by Gasteiger charge is -2.13. The number of benzene rings is 2. The van der Waals surface area contributed by atoms with E-state index in [0.717, 1.165) is 5.75 Å². The highest BCUT2D eigenvalue weighted by atomic mass is 16.5. The molecule has 0 atom stereocenters. The Bertz CT molecular complexity index is 800. The van der Waals surface area contributed by atoms with Crippen molar-refractivity contribution in [1.29, 1.82) is 0 Å². The van der Waals surface area contributed by atoms with Crippen LogP contribution in [0.5, 0.6) is 17.2 Å². The van der Waals surface area contributed by atoms with E-state index < -0.39 is 6.09 Å². The molecule has 1 amide bonds. The molecule has 0 aliphatic rings. The summed E-state index contributed by atoms with van der Waals surface area (Å²) in [6, 6.07) is 11.6. The molecule has 0 aliphatic carbocycles. The number of amides is 1. The molecule has 0 unspecified atom stereocenters. The minimum atomic E-state index is -0.648. The average molecular weight is 386 g/mol. The van der Waals surface area contributed by atoms with Crippen molar-refractivity contribution in [1.82, 2.24) is 5.43 Å². The molecule has 28 heavy (non-hydrogen) atoms. The molecule has 0 saturated carbocycles. The Morgan fingerprint density at radius 3 is 2.46 bits per heavy atom. The van der Waals surface area contributed by atoms with Crippen LogP contribution in [0.1, 0.15) is 23.1 Å². The van der Waals surface area contributed by atoms with Crippen molar-refractivity contribution in [3.05, 3.63) is 53.1 Å². The molecule has 0 aromatic heterocycles. The van der Waals surface area contributed by atoms with Crippen molar-refractivity contribution in [2.75, 3.05) is 27.4 Å². The highest BCUT2D eigenvalue weighted by Gasteiger charge is 2.09. The first-order chi connectivity index (χ1) is 13.5. The highest BCUT2D eigenvalue weighted by molar-refractivity contribution is 5.85. The van der Waals surface area contributed by atoms with Crippen LogP contribution in [0.15, 0.2) is 41.5 Å². The lowest BCUT2D eigenvalue weighted by molar-refractivity contribution is 0.171. The first kappa shape index (κ1) is 21.1. The first-order valence-electron chi connectivity index (χ1n) is 8.91. The Morgan fingerprint density at radius 1 is 1.07 bits per heavy atom. The van der Waals surface area contributed by atoms with Crippen molar-refractivity contribution < 1.29 is 23.7 Å². The number of nitrogens with zero attached hydrogens (tertiary/aromatic N) is 1. The first-order valence-corrected chi connectivity index (χ1v) is 8.91. The Morgan fingerprint density at radius 2 is 1.79 bits per heavy atom. The maximum Gasteiger partial charge on any atom is 0.427 e. The molecule has 2 rings (SSSR count). The second-order valence-corrected chi connectivity index (χ2v) is 6.11. The summed E-state index contributed by atoms with van der Waals surface area (Å²) in [4.78, 5) is 11.1. The predicted octanol–water partition coefficient (Wildman–Crippen LogP) is 3.85. The van der Waals surface area contributed by atoms with Gasteiger partial charge in [-0.15, -0.1) is 0 Å². The monoisotopic (exact) mass is 386 g/mol. The minimum absolute atomic E-state index is 0.441. The molecular weight excluding hydrogens is 360 g/mol. The predicted molar refractivity (Wildman–Crippen MR) is 108 cm³/mol. The minimum Gasteiger partial charge on any atom is -0.493 e. The molecule has 150 valence electrons. The van der Waals surface area contributed by atoms with Gasteiger partial charge in [0.25, 0.3) is 0 Å². The number of rotatable bonds is 9. The van der Waals surface area contributed by atoms with Crippen molar-refractivity contribution in [2.45, 2.75) is 20.3 Å². The van der Waals surface area contributed by atoms with Crippen LogP contribution in [0, 0.1) is 13.8 Å². The van der Waals surface area contributed by atoms with Crippen LogP contribution in [0.3, 0.4) is 0 Å². The number of hydrazone groups is 1.